The van der Waals surface area contributed by atoms with Crippen LogP contribution < -0.4 is 5.32 Å². The van der Waals surface area contributed by atoms with Crippen molar-refractivity contribution >= 4 is 66.2 Å². The summed E-state index contributed by atoms with van der Waals surface area (Å²) in [5, 5.41) is 5.97. The summed E-state index contributed by atoms with van der Waals surface area (Å²) >= 11 is 17.7. The van der Waals surface area contributed by atoms with Gasteiger partial charge < -0.3 is 5.32 Å². The second kappa shape index (κ2) is 5.94. The van der Waals surface area contributed by atoms with Gasteiger partial charge in [0.05, 0.1) is 22.3 Å². The molecule has 0 saturated heterocycles. The van der Waals surface area contributed by atoms with Crippen molar-refractivity contribution in [2.24, 2.45) is 0 Å². The predicted octanol–water partition coefficient (Wildman–Crippen LogP) is 6.58. The fourth-order valence-corrected chi connectivity index (χ4v) is 3.97. The molecule has 0 aliphatic carbocycles. The summed E-state index contributed by atoms with van der Waals surface area (Å²) in [5.41, 5.74) is 0.898. The van der Waals surface area contributed by atoms with Crippen molar-refractivity contribution in [3.63, 3.8) is 0 Å². The number of benzene rings is 2. The van der Waals surface area contributed by atoms with Crippen LogP contribution in [0.15, 0.2) is 46.9 Å². The van der Waals surface area contributed by atoms with Crippen molar-refractivity contribution in [3.8, 4) is 0 Å². The van der Waals surface area contributed by atoms with Gasteiger partial charge in [0, 0.05) is 19.4 Å². The largest absolute Gasteiger partial charge is 0.379 e. The van der Waals surface area contributed by atoms with Crippen molar-refractivity contribution in [2.45, 2.75) is 6.54 Å². The topological polar surface area (TPSA) is 12.0 Å². The minimum atomic E-state index is 0.661. The Bertz CT molecular complexity index is 770. The zero-order chi connectivity index (χ0) is 14.1. The number of rotatable bonds is 3. The number of hydrogen-bond donors (Lipinski definition) is 1. The molecule has 0 spiro atoms. The number of thiophene rings is 1. The second-order valence-corrected chi connectivity index (χ2v) is 7.15. The van der Waals surface area contributed by atoms with Crippen LogP contribution >= 0.6 is 50.5 Å². The highest BCUT2D eigenvalue weighted by molar-refractivity contribution is 9.10. The van der Waals surface area contributed by atoms with E-state index in [-0.39, 0.29) is 0 Å². The van der Waals surface area contributed by atoms with E-state index in [2.05, 4.69) is 27.3 Å². The van der Waals surface area contributed by atoms with Crippen LogP contribution in [0.1, 0.15) is 4.88 Å². The summed E-state index contributed by atoms with van der Waals surface area (Å²) in [7, 11) is 0. The standard InChI is InChI=1S/C15H10BrCl2NS/c16-9-5-6-11(17)12(7-9)19-8-14-15(18)10-3-1-2-4-13(10)20-14/h1-7,19H,8H2. The summed E-state index contributed by atoms with van der Waals surface area (Å²) in [5.74, 6) is 0. The van der Waals surface area contributed by atoms with Gasteiger partial charge in [-0.1, -0.05) is 57.3 Å². The van der Waals surface area contributed by atoms with Crippen molar-refractivity contribution in [2.75, 3.05) is 5.32 Å². The van der Waals surface area contributed by atoms with Gasteiger partial charge in [-0.2, -0.15) is 0 Å². The highest BCUT2D eigenvalue weighted by Gasteiger charge is 2.10. The molecule has 0 amide bonds. The van der Waals surface area contributed by atoms with Crippen LogP contribution in [0, 0.1) is 0 Å². The Kier molecular flexibility index (Phi) is 4.22. The van der Waals surface area contributed by atoms with Gasteiger partial charge in [0.25, 0.3) is 0 Å². The number of hydrogen-bond acceptors (Lipinski definition) is 2. The number of fused-ring (bicyclic) bond motifs is 1. The smallest absolute Gasteiger partial charge is 0.0642 e. The van der Waals surface area contributed by atoms with Crippen LogP contribution in [0.2, 0.25) is 10.0 Å². The van der Waals surface area contributed by atoms with Gasteiger partial charge in [-0.15, -0.1) is 11.3 Å². The molecule has 0 aliphatic heterocycles. The molecule has 1 nitrogen and oxygen atoms in total. The lowest BCUT2D eigenvalue weighted by Gasteiger charge is -2.08. The van der Waals surface area contributed by atoms with Crippen LogP contribution in [0.5, 0.6) is 0 Å². The van der Waals surface area contributed by atoms with Gasteiger partial charge in [-0.05, 0) is 24.3 Å². The molecule has 3 aromatic rings. The Labute approximate surface area is 139 Å². The van der Waals surface area contributed by atoms with E-state index in [0.717, 1.165) is 25.4 Å². The molecule has 3 rings (SSSR count). The lowest BCUT2D eigenvalue weighted by atomic mass is 10.2. The summed E-state index contributed by atoms with van der Waals surface area (Å²) in [6, 6.07) is 13.9. The van der Waals surface area contributed by atoms with Gasteiger partial charge in [0.1, 0.15) is 0 Å². The van der Waals surface area contributed by atoms with Crippen molar-refractivity contribution in [1.82, 2.24) is 0 Å². The van der Waals surface area contributed by atoms with Crippen LogP contribution in [0.25, 0.3) is 10.1 Å². The van der Waals surface area contributed by atoms with E-state index in [1.165, 1.54) is 4.70 Å². The number of nitrogens with one attached hydrogen (secondary N) is 1. The first-order chi connectivity index (χ1) is 9.65. The summed E-state index contributed by atoms with van der Waals surface area (Å²) in [4.78, 5) is 1.11. The SMILES string of the molecule is Clc1ccc(Br)cc1NCc1sc2ccccc2c1Cl. The molecule has 1 aromatic heterocycles. The Balaban J connectivity index is 1.87. The van der Waals surface area contributed by atoms with E-state index >= 15 is 0 Å². The third-order valence-corrected chi connectivity index (χ3v) is 5.51. The van der Waals surface area contributed by atoms with Crippen LogP contribution in [-0.4, -0.2) is 0 Å². The fourth-order valence-electron chi connectivity index (χ4n) is 1.99. The lowest BCUT2D eigenvalue weighted by Crippen LogP contribution is -1.98. The molecule has 2 aromatic carbocycles. The third-order valence-electron chi connectivity index (χ3n) is 2.97. The predicted molar refractivity (Wildman–Crippen MR) is 93.3 cm³/mol. The Hall–Kier alpha value is -0.740. The van der Waals surface area contributed by atoms with Crippen molar-refractivity contribution in [1.29, 1.82) is 0 Å². The molecular formula is C15H10BrCl2NS. The molecule has 0 unspecified atom stereocenters. The zero-order valence-electron chi connectivity index (χ0n) is 10.3. The maximum atomic E-state index is 6.42. The highest BCUT2D eigenvalue weighted by Crippen LogP contribution is 2.36. The summed E-state index contributed by atoms with van der Waals surface area (Å²) < 4.78 is 2.20. The average Bonchev–Trinajstić information content (AvgIpc) is 2.77. The molecule has 1 N–H and O–H groups in total. The molecule has 20 heavy (non-hydrogen) atoms. The monoisotopic (exact) mass is 385 g/mol. The van der Waals surface area contributed by atoms with Crippen molar-refractivity contribution < 1.29 is 0 Å². The van der Waals surface area contributed by atoms with E-state index < -0.39 is 0 Å². The van der Waals surface area contributed by atoms with E-state index in [9.17, 15) is 0 Å². The van der Waals surface area contributed by atoms with E-state index in [4.69, 9.17) is 23.2 Å². The molecule has 102 valence electrons. The highest BCUT2D eigenvalue weighted by atomic mass is 79.9. The molecule has 1 heterocycles. The van der Waals surface area contributed by atoms with E-state index in [0.29, 0.717) is 11.6 Å². The van der Waals surface area contributed by atoms with Gasteiger partial charge in [0.15, 0.2) is 0 Å². The molecular weight excluding hydrogens is 377 g/mol. The summed E-state index contributed by atoms with van der Waals surface area (Å²) in [6.45, 7) is 0.661. The molecule has 0 bridgehead atoms. The van der Waals surface area contributed by atoms with E-state index in [1.54, 1.807) is 11.3 Å². The van der Waals surface area contributed by atoms with Gasteiger partial charge in [0.2, 0.25) is 0 Å². The van der Waals surface area contributed by atoms with Gasteiger partial charge in [-0.25, -0.2) is 0 Å². The molecule has 0 radical (unpaired) electrons. The number of anilines is 1. The first-order valence-corrected chi connectivity index (χ1v) is 8.36. The fraction of sp³-hybridized carbons (Fsp3) is 0.0667. The molecule has 0 aliphatic rings. The number of halogens is 3. The van der Waals surface area contributed by atoms with Crippen LogP contribution in [-0.2, 0) is 6.54 Å². The van der Waals surface area contributed by atoms with Crippen molar-refractivity contribution in [3.05, 3.63) is 61.9 Å². The van der Waals surface area contributed by atoms with E-state index in [1.807, 2.05) is 36.4 Å². The Morgan fingerprint density at radius 3 is 2.70 bits per heavy atom. The molecule has 0 fully saturated rings. The minimum Gasteiger partial charge on any atom is -0.379 e. The first kappa shape index (κ1) is 14.2. The quantitative estimate of drug-likeness (QED) is 0.535. The zero-order valence-corrected chi connectivity index (χ0v) is 14.2. The lowest BCUT2D eigenvalue weighted by molar-refractivity contribution is 1.19. The second-order valence-electron chi connectivity index (χ2n) is 4.31. The first-order valence-electron chi connectivity index (χ1n) is 6.00. The molecule has 0 saturated carbocycles. The van der Waals surface area contributed by atoms with Crippen LogP contribution in [0.4, 0.5) is 5.69 Å². The molecule has 0 atom stereocenters. The maximum absolute atomic E-state index is 6.42. The maximum Gasteiger partial charge on any atom is 0.0642 e. The average molecular weight is 387 g/mol. The third kappa shape index (κ3) is 2.82. The summed E-state index contributed by atoms with van der Waals surface area (Å²) in [6.07, 6.45) is 0. The normalized spacial score (nSPS) is 10.9. The van der Waals surface area contributed by atoms with Gasteiger partial charge >= 0.3 is 0 Å². The van der Waals surface area contributed by atoms with Gasteiger partial charge in [-0.3, -0.25) is 0 Å². The Morgan fingerprint density at radius 2 is 1.90 bits per heavy atom. The molecule has 5 heteroatoms. The Morgan fingerprint density at radius 1 is 1.10 bits per heavy atom. The minimum absolute atomic E-state index is 0.661. The van der Waals surface area contributed by atoms with Crippen LogP contribution in [0.3, 0.4) is 0 Å².